The fourth-order valence-corrected chi connectivity index (χ4v) is 7.18. The van der Waals surface area contributed by atoms with Crippen molar-refractivity contribution in [3.05, 3.63) is 71.5 Å². The number of aromatic amines is 1. The summed E-state index contributed by atoms with van der Waals surface area (Å²) in [7, 11) is -3.20. The summed E-state index contributed by atoms with van der Waals surface area (Å²) in [5.74, 6) is 0.842. The minimum Gasteiger partial charge on any atom is -0.381 e. The maximum atomic E-state index is 12.7. The minimum absolute atomic E-state index is 0.123. The molecule has 38 heavy (non-hydrogen) atoms. The SMILES string of the molecule is O=C(Cc1ccc(-c2ccc(C(CC3CCOCC3)c3ccc(S(=O)(=O)C4CC4)cc3)[nH]2)nc1)N1CCC1. The number of H-pyrrole nitrogens is 1. The van der Waals surface area contributed by atoms with Crippen molar-refractivity contribution in [2.45, 2.75) is 61.0 Å². The van der Waals surface area contributed by atoms with Crippen LogP contribution in [0.2, 0.25) is 0 Å². The van der Waals surface area contributed by atoms with Gasteiger partial charge in [-0.2, -0.15) is 0 Å². The molecule has 2 aliphatic heterocycles. The molecule has 7 nitrogen and oxygen atoms in total. The smallest absolute Gasteiger partial charge is 0.227 e. The van der Waals surface area contributed by atoms with Crippen molar-refractivity contribution >= 4 is 15.7 Å². The monoisotopic (exact) mass is 533 g/mol. The summed E-state index contributed by atoms with van der Waals surface area (Å²) >= 11 is 0. The molecular weight excluding hydrogens is 498 g/mol. The van der Waals surface area contributed by atoms with Gasteiger partial charge in [0.2, 0.25) is 5.91 Å². The molecule has 3 aliphatic rings. The number of likely N-dealkylation sites (tertiary alicyclic amines) is 1. The predicted octanol–water partition coefficient (Wildman–Crippen LogP) is 4.74. The van der Waals surface area contributed by atoms with Crippen LogP contribution in [-0.4, -0.2) is 60.7 Å². The molecule has 1 saturated carbocycles. The Hall–Kier alpha value is -2.97. The molecule has 4 heterocycles. The van der Waals surface area contributed by atoms with E-state index in [4.69, 9.17) is 4.74 Å². The van der Waals surface area contributed by atoms with E-state index < -0.39 is 9.84 Å². The van der Waals surface area contributed by atoms with Crippen LogP contribution >= 0.6 is 0 Å². The Bertz CT molecular complexity index is 1370. The van der Waals surface area contributed by atoms with Crippen LogP contribution in [0.5, 0.6) is 0 Å². The van der Waals surface area contributed by atoms with Crippen molar-refractivity contribution in [3.63, 3.8) is 0 Å². The first-order valence-corrected chi connectivity index (χ1v) is 15.4. The van der Waals surface area contributed by atoms with Gasteiger partial charge in [-0.05, 0) is 85.9 Å². The first-order valence-electron chi connectivity index (χ1n) is 13.8. The number of sulfone groups is 1. The van der Waals surface area contributed by atoms with Gasteiger partial charge in [-0.3, -0.25) is 9.78 Å². The van der Waals surface area contributed by atoms with Crippen molar-refractivity contribution in [2.75, 3.05) is 26.3 Å². The third kappa shape index (κ3) is 5.43. The second-order valence-corrected chi connectivity index (χ2v) is 13.2. The average Bonchev–Trinajstić information content (AvgIpc) is 3.66. The standard InChI is InChI=1S/C30H35N3O4S/c34-30(33-14-1-15-33)19-22-2-9-28(31-20-22)29-11-10-27(32-29)26(18-21-12-16-37-17-13-21)23-3-5-24(6-4-23)38(35,36)25-7-8-25/h2-6,9-11,20-21,25-26,32H,1,7-8,12-19H2. The van der Waals surface area contributed by atoms with Crippen molar-refractivity contribution < 1.29 is 17.9 Å². The Labute approximate surface area is 224 Å². The van der Waals surface area contributed by atoms with Crippen LogP contribution in [0.3, 0.4) is 0 Å². The van der Waals surface area contributed by atoms with E-state index in [2.05, 4.69) is 22.1 Å². The Morgan fingerprint density at radius 1 is 1.00 bits per heavy atom. The number of hydrogen-bond donors (Lipinski definition) is 1. The molecule has 1 aromatic carbocycles. The van der Waals surface area contributed by atoms with E-state index in [9.17, 15) is 13.2 Å². The first-order chi connectivity index (χ1) is 18.5. The lowest BCUT2D eigenvalue weighted by molar-refractivity contribution is -0.133. The lowest BCUT2D eigenvalue weighted by Crippen LogP contribution is -2.42. The largest absolute Gasteiger partial charge is 0.381 e. The average molecular weight is 534 g/mol. The van der Waals surface area contributed by atoms with Crippen molar-refractivity contribution in [1.82, 2.24) is 14.9 Å². The summed E-state index contributed by atoms with van der Waals surface area (Å²) in [5, 5.41) is -0.204. The number of aromatic nitrogens is 2. The number of ether oxygens (including phenoxy) is 1. The molecule has 0 radical (unpaired) electrons. The molecule has 6 rings (SSSR count). The van der Waals surface area contributed by atoms with E-state index in [0.717, 1.165) is 93.0 Å². The fourth-order valence-electron chi connectivity index (χ4n) is 5.52. The Kier molecular flexibility index (Phi) is 7.10. The highest BCUT2D eigenvalue weighted by Crippen LogP contribution is 2.37. The van der Waals surface area contributed by atoms with Crippen LogP contribution in [0.25, 0.3) is 11.4 Å². The number of carbonyl (C=O) groups is 1. The van der Waals surface area contributed by atoms with E-state index in [1.54, 1.807) is 18.3 Å². The summed E-state index contributed by atoms with van der Waals surface area (Å²) in [4.78, 5) is 22.8. The summed E-state index contributed by atoms with van der Waals surface area (Å²) < 4.78 is 31.0. The molecule has 3 aromatic rings. The topological polar surface area (TPSA) is 92.4 Å². The second-order valence-electron chi connectivity index (χ2n) is 10.9. The van der Waals surface area contributed by atoms with Crippen LogP contribution in [-0.2, 0) is 25.8 Å². The van der Waals surface area contributed by atoms with E-state index in [1.807, 2.05) is 29.2 Å². The summed E-state index contributed by atoms with van der Waals surface area (Å²) in [6.07, 6.45) is 7.88. The van der Waals surface area contributed by atoms with Crippen molar-refractivity contribution in [3.8, 4) is 11.4 Å². The van der Waals surface area contributed by atoms with Crippen LogP contribution < -0.4 is 0 Å². The molecule has 1 amide bonds. The van der Waals surface area contributed by atoms with Gasteiger partial charge in [-0.15, -0.1) is 0 Å². The predicted molar refractivity (Wildman–Crippen MR) is 146 cm³/mol. The van der Waals surface area contributed by atoms with E-state index in [0.29, 0.717) is 17.2 Å². The first kappa shape index (κ1) is 25.3. The molecule has 2 aromatic heterocycles. The molecule has 8 heteroatoms. The Balaban J connectivity index is 1.22. The van der Waals surface area contributed by atoms with Gasteiger partial charge in [-0.25, -0.2) is 8.42 Å². The van der Waals surface area contributed by atoms with Crippen molar-refractivity contribution in [1.29, 1.82) is 0 Å². The zero-order chi connectivity index (χ0) is 26.1. The molecule has 1 aliphatic carbocycles. The van der Waals surface area contributed by atoms with Crippen LogP contribution in [0, 0.1) is 5.92 Å². The van der Waals surface area contributed by atoms with Gasteiger partial charge in [-0.1, -0.05) is 18.2 Å². The molecule has 200 valence electrons. The number of pyridine rings is 1. The summed E-state index contributed by atoms with van der Waals surface area (Å²) in [6.45, 7) is 3.32. The Morgan fingerprint density at radius 3 is 2.39 bits per heavy atom. The molecule has 1 N–H and O–H groups in total. The van der Waals surface area contributed by atoms with Gasteiger partial charge >= 0.3 is 0 Å². The molecule has 2 saturated heterocycles. The van der Waals surface area contributed by atoms with Gasteiger partial charge in [0, 0.05) is 44.1 Å². The number of nitrogens with one attached hydrogen (secondary N) is 1. The number of rotatable bonds is 9. The minimum atomic E-state index is -3.20. The molecule has 1 unspecified atom stereocenters. The van der Waals surface area contributed by atoms with E-state index in [1.165, 1.54) is 0 Å². The quantitative estimate of drug-likeness (QED) is 0.429. The molecule has 3 fully saturated rings. The third-order valence-electron chi connectivity index (χ3n) is 8.23. The zero-order valence-corrected chi connectivity index (χ0v) is 22.5. The fraction of sp³-hybridized carbons (Fsp3) is 0.467. The number of nitrogens with zero attached hydrogens (tertiary/aromatic N) is 2. The normalized spacial score (nSPS) is 19.2. The number of carbonyl (C=O) groups excluding carboxylic acids is 1. The third-order valence-corrected chi connectivity index (χ3v) is 10.5. The zero-order valence-electron chi connectivity index (χ0n) is 21.6. The summed E-state index contributed by atoms with van der Waals surface area (Å²) in [6, 6.07) is 15.7. The van der Waals surface area contributed by atoms with Crippen molar-refractivity contribution in [2.24, 2.45) is 5.92 Å². The maximum Gasteiger partial charge on any atom is 0.227 e. The number of benzene rings is 1. The van der Waals surface area contributed by atoms with E-state index >= 15 is 0 Å². The van der Waals surface area contributed by atoms with Gasteiger partial charge < -0.3 is 14.6 Å². The highest BCUT2D eigenvalue weighted by atomic mass is 32.2. The maximum absolute atomic E-state index is 12.7. The van der Waals surface area contributed by atoms with Gasteiger partial charge in [0.15, 0.2) is 9.84 Å². The van der Waals surface area contributed by atoms with Gasteiger partial charge in [0.05, 0.1) is 28.0 Å². The Morgan fingerprint density at radius 2 is 1.76 bits per heavy atom. The summed E-state index contributed by atoms with van der Waals surface area (Å²) in [5.41, 5.74) is 4.92. The van der Waals surface area contributed by atoms with Crippen LogP contribution in [0.4, 0.5) is 0 Å². The molecule has 1 atom stereocenters. The number of hydrogen-bond acceptors (Lipinski definition) is 5. The molecule has 0 bridgehead atoms. The number of amides is 1. The molecular formula is C30H35N3O4S. The van der Waals surface area contributed by atoms with Crippen LogP contribution in [0.15, 0.2) is 59.6 Å². The lowest BCUT2D eigenvalue weighted by Gasteiger charge is -2.30. The van der Waals surface area contributed by atoms with Gasteiger partial charge in [0.1, 0.15) is 0 Å². The van der Waals surface area contributed by atoms with E-state index in [-0.39, 0.29) is 17.1 Å². The van der Waals surface area contributed by atoms with Gasteiger partial charge in [0.25, 0.3) is 0 Å². The lowest BCUT2D eigenvalue weighted by atomic mass is 9.83. The second kappa shape index (κ2) is 10.7. The molecule has 0 spiro atoms. The van der Waals surface area contributed by atoms with Crippen LogP contribution in [0.1, 0.15) is 61.3 Å². The highest BCUT2D eigenvalue weighted by molar-refractivity contribution is 7.92. The highest BCUT2D eigenvalue weighted by Gasteiger charge is 2.37.